The highest BCUT2D eigenvalue weighted by Crippen LogP contribution is 2.29. The lowest BCUT2D eigenvalue weighted by Crippen LogP contribution is -2.44. The average Bonchev–Trinajstić information content (AvgIpc) is 2.48. The summed E-state index contributed by atoms with van der Waals surface area (Å²) < 4.78 is 12.9. The second kappa shape index (κ2) is 5.24. The van der Waals surface area contributed by atoms with E-state index in [-0.39, 0.29) is 18.3 Å². The normalized spacial score (nSPS) is 13.4. The number of amides is 3. The Labute approximate surface area is 120 Å². The number of urea groups is 1. The summed E-state index contributed by atoms with van der Waals surface area (Å²) in [6, 6.07) is 12.0. The molecule has 0 spiro atoms. The minimum Gasteiger partial charge on any atom is -0.323 e. The molecule has 0 fully saturated rings. The number of rotatable bonds is 1. The molecular weight excluding hydrogens is 273 g/mol. The highest BCUT2D eigenvalue weighted by Gasteiger charge is 2.26. The molecule has 0 radical (unpaired) electrons. The number of nitrogens with zero attached hydrogens (tertiary/aromatic N) is 1. The van der Waals surface area contributed by atoms with Crippen molar-refractivity contribution in [2.75, 3.05) is 22.1 Å². The van der Waals surface area contributed by atoms with Gasteiger partial charge in [-0.25, -0.2) is 9.18 Å². The Hall–Kier alpha value is -2.89. The SMILES string of the molecule is O=C1CN(C(=O)Nc2ccc(F)cc2)c2ccccc2N1. The summed E-state index contributed by atoms with van der Waals surface area (Å²) in [5, 5.41) is 5.35. The minimum absolute atomic E-state index is 0.0654. The van der Waals surface area contributed by atoms with Crippen molar-refractivity contribution < 1.29 is 14.0 Å². The number of benzene rings is 2. The maximum Gasteiger partial charge on any atom is 0.326 e. The molecule has 0 aromatic heterocycles. The van der Waals surface area contributed by atoms with Gasteiger partial charge in [-0.05, 0) is 36.4 Å². The number of halogens is 1. The van der Waals surface area contributed by atoms with Crippen LogP contribution in [0.5, 0.6) is 0 Å². The number of hydrogen-bond donors (Lipinski definition) is 2. The molecule has 5 nitrogen and oxygen atoms in total. The number of carbonyl (C=O) groups excluding carboxylic acids is 2. The van der Waals surface area contributed by atoms with Crippen LogP contribution in [-0.2, 0) is 4.79 Å². The van der Waals surface area contributed by atoms with Crippen molar-refractivity contribution in [2.24, 2.45) is 0 Å². The second-order valence-electron chi connectivity index (χ2n) is 4.59. The molecule has 6 heteroatoms. The van der Waals surface area contributed by atoms with Crippen LogP contribution in [0, 0.1) is 5.82 Å². The van der Waals surface area contributed by atoms with E-state index in [2.05, 4.69) is 10.6 Å². The van der Waals surface area contributed by atoms with Crippen molar-refractivity contribution in [3.05, 3.63) is 54.3 Å². The predicted octanol–water partition coefficient (Wildman–Crippen LogP) is 2.82. The van der Waals surface area contributed by atoms with Crippen LogP contribution in [0.2, 0.25) is 0 Å². The number of carbonyl (C=O) groups is 2. The number of anilines is 3. The molecule has 0 atom stereocenters. The van der Waals surface area contributed by atoms with Crippen molar-refractivity contribution >= 4 is 29.0 Å². The van der Waals surface area contributed by atoms with Gasteiger partial charge in [-0.1, -0.05) is 12.1 Å². The van der Waals surface area contributed by atoms with Gasteiger partial charge in [-0.3, -0.25) is 9.69 Å². The minimum atomic E-state index is -0.441. The van der Waals surface area contributed by atoms with E-state index in [1.165, 1.54) is 29.2 Å². The molecule has 2 aromatic rings. The number of hydrogen-bond acceptors (Lipinski definition) is 2. The van der Waals surface area contributed by atoms with E-state index >= 15 is 0 Å². The van der Waals surface area contributed by atoms with Gasteiger partial charge in [-0.15, -0.1) is 0 Å². The lowest BCUT2D eigenvalue weighted by Gasteiger charge is -2.29. The lowest BCUT2D eigenvalue weighted by molar-refractivity contribution is -0.115. The number of nitrogens with one attached hydrogen (secondary N) is 2. The van der Waals surface area contributed by atoms with Gasteiger partial charge in [0, 0.05) is 5.69 Å². The first-order chi connectivity index (χ1) is 10.1. The van der Waals surface area contributed by atoms with Crippen LogP contribution in [0.3, 0.4) is 0 Å². The summed E-state index contributed by atoms with van der Waals surface area (Å²) in [6.45, 7) is -0.0654. The van der Waals surface area contributed by atoms with Gasteiger partial charge in [0.15, 0.2) is 0 Å². The van der Waals surface area contributed by atoms with Crippen molar-refractivity contribution in [1.29, 1.82) is 0 Å². The van der Waals surface area contributed by atoms with E-state index in [1.54, 1.807) is 24.3 Å². The van der Waals surface area contributed by atoms with Crippen molar-refractivity contribution in [2.45, 2.75) is 0 Å². The summed E-state index contributed by atoms with van der Waals surface area (Å²) in [5.41, 5.74) is 1.67. The molecule has 1 aliphatic heterocycles. The van der Waals surface area contributed by atoms with Gasteiger partial charge in [0.1, 0.15) is 12.4 Å². The molecule has 0 saturated carbocycles. The smallest absolute Gasteiger partial charge is 0.323 e. The van der Waals surface area contributed by atoms with Crippen LogP contribution in [0.1, 0.15) is 0 Å². The zero-order valence-corrected chi connectivity index (χ0v) is 11.0. The van der Waals surface area contributed by atoms with Gasteiger partial charge in [0.25, 0.3) is 0 Å². The molecule has 0 aliphatic carbocycles. The lowest BCUT2D eigenvalue weighted by atomic mass is 10.2. The first kappa shape index (κ1) is 13.1. The summed E-state index contributed by atoms with van der Waals surface area (Å²) in [6.07, 6.45) is 0. The molecule has 0 bridgehead atoms. The molecule has 106 valence electrons. The first-order valence-corrected chi connectivity index (χ1v) is 6.36. The average molecular weight is 285 g/mol. The Balaban J connectivity index is 1.84. The van der Waals surface area contributed by atoms with E-state index in [9.17, 15) is 14.0 Å². The third-order valence-electron chi connectivity index (χ3n) is 3.11. The summed E-state index contributed by atoms with van der Waals surface area (Å²) in [7, 11) is 0. The second-order valence-corrected chi connectivity index (χ2v) is 4.59. The van der Waals surface area contributed by atoms with Crippen molar-refractivity contribution in [1.82, 2.24) is 0 Å². The third kappa shape index (κ3) is 2.69. The third-order valence-corrected chi connectivity index (χ3v) is 3.11. The fourth-order valence-corrected chi connectivity index (χ4v) is 2.14. The highest BCUT2D eigenvalue weighted by molar-refractivity contribution is 6.12. The van der Waals surface area contributed by atoms with Crippen LogP contribution >= 0.6 is 0 Å². The summed E-state index contributed by atoms with van der Waals surface area (Å²) in [5.74, 6) is -0.640. The Morgan fingerprint density at radius 2 is 1.86 bits per heavy atom. The van der Waals surface area contributed by atoms with Crippen LogP contribution in [0.25, 0.3) is 0 Å². The van der Waals surface area contributed by atoms with Gasteiger partial charge in [0.05, 0.1) is 11.4 Å². The van der Waals surface area contributed by atoms with Crippen LogP contribution in [0.15, 0.2) is 48.5 Å². The predicted molar refractivity (Wildman–Crippen MR) is 77.8 cm³/mol. The molecule has 3 rings (SSSR count). The summed E-state index contributed by atoms with van der Waals surface area (Å²) in [4.78, 5) is 25.3. The largest absolute Gasteiger partial charge is 0.326 e. The first-order valence-electron chi connectivity index (χ1n) is 6.36. The molecular formula is C15H12FN3O2. The Morgan fingerprint density at radius 3 is 2.62 bits per heavy atom. The quantitative estimate of drug-likeness (QED) is 0.846. The Kier molecular flexibility index (Phi) is 3.27. The van der Waals surface area contributed by atoms with E-state index in [1.807, 2.05) is 0 Å². The molecule has 1 aliphatic rings. The van der Waals surface area contributed by atoms with E-state index in [0.29, 0.717) is 17.1 Å². The highest BCUT2D eigenvalue weighted by atomic mass is 19.1. The fraction of sp³-hybridized carbons (Fsp3) is 0.0667. The van der Waals surface area contributed by atoms with Crippen molar-refractivity contribution in [3.8, 4) is 0 Å². The maximum absolute atomic E-state index is 12.9. The molecule has 2 N–H and O–H groups in total. The zero-order valence-electron chi connectivity index (χ0n) is 11.0. The number of para-hydroxylation sites is 2. The van der Waals surface area contributed by atoms with E-state index in [4.69, 9.17) is 0 Å². The standard InChI is InChI=1S/C15H12FN3O2/c16-10-5-7-11(8-6-10)17-15(21)19-9-14(20)18-12-3-1-2-4-13(12)19/h1-8H,9H2,(H,17,21)(H,18,20). The van der Waals surface area contributed by atoms with E-state index < -0.39 is 6.03 Å². The van der Waals surface area contributed by atoms with Gasteiger partial charge < -0.3 is 10.6 Å². The van der Waals surface area contributed by atoms with Crippen LogP contribution in [0.4, 0.5) is 26.2 Å². The molecule has 3 amide bonds. The van der Waals surface area contributed by atoms with Gasteiger partial charge in [-0.2, -0.15) is 0 Å². The molecule has 1 heterocycles. The zero-order chi connectivity index (χ0) is 14.8. The van der Waals surface area contributed by atoms with Gasteiger partial charge >= 0.3 is 6.03 Å². The molecule has 2 aromatic carbocycles. The summed E-state index contributed by atoms with van der Waals surface area (Å²) >= 11 is 0. The number of fused-ring (bicyclic) bond motifs is 1. The molecule has 21 heavy (non-hydrogen) atoms. The molecule has 0 unspecified atom stereocenters. The Morgan fingerprint density at radius 1 is 1.14 bits per heavy atom. The monoisotopic (exact) mass is 285 g/mol. The topological polar surface area (TPSA) is 61.4 Å². The van der Waals surface area contributed by atoms with E-state index in [0.717, 1.165) is 0 Å². The van der Waals surface area contributed by atoms with Crippen LogP contribution < -0.4 is 15.5 Å². The Bertz CT molecular complexity index is 700. The van der Waals surface area contributed by atoms with Crippen LogP contribution in [-0.4, -0.2) is 18.5 Å². The maximum atomic E-state index is 12.9. The fourth-order valence-electron chi connectivity index (χ4n) is 2.14. The van der Waals surface area contributed by atoms with Crippen molar-refractivity contribution in [3.63, 3.8) is 0 Å². The molecule has 0 saturated heterocycles. The van der Waals surface area contributed by atoms with Gasteiger partial charge in [0.2, 0.25) is 5.91 Å².